The molecule has 0 radical (unpaired) electrons. The third-order valence-corrected chi connectivity index (χ3v) is 4.02. The van der Waals surface area contributed by atoms with Crippen LogP contribution in [-0.4, -0.2) is 71.6 Å². The highest BCUT2D eigenvalue weighted by Gasteiger charge is 2.34. The summed E-state index contributed by atoms with van der Waals surface area (Å²) in [6, 6.07) is 3.24. The average molecular weight is 338 g/mol. The highest BCUT2D eigenvalue weighted by atomic mass is 16.5. The molecule has 3 atom stereocenters. The van der Waals surface area contributed by atoms with E-state index in [0.717, 1.165) is 0 Å². The summed E-state index contributed by atoms with van der Waals surface area (Å²) in [6.45, 7) is 5.35. The first-order valence-corrected chi connectivity index (χ1v) is 8.15. The third kappa shape index (κ3) is 4.66. The first-order chi connectivity index (χ1) is 11.4. The van der Waals surface area contributed by atoms with Gasteiger partial charge >= 0.3 is 0 Å². The zero-order chi connectivity index (χ0) is 17.7. The molecule has 1 amide bonds. The Hall–Kier alpha value is -1.70. The van der Waals surface area contributed by atoms with Gasteiger partial charge in [-0.05, 0) is 12.0 Å². The number of aliphatic hydroxyl groups excluding tert-OH is 2. The minimum atomic E-state index is -0.916. The summed E-state index contributed by atoms with van der Waals surface area (Å²) in [4.78, 5) is 18.6. The van der Waals surface area contributed by atoms with Crippen LogP contribution in [0.4, 0.5) is 0 Å². The Morgan fingerprint density at radius 1 is 1.46 bits per heavy atom. The summed E-state index contributed by atoms with van der Waals surface area (Å²) in [5, 5.41) is 19.9. The molecule has 1 aliphatic rings. The van der Waals surface area contributed by atoms with Crippen LogP contribution in [0.1, 0.15) is 24.2 Å². The first-order valence-electron chi connectivity index (χ1n) is 8.15. The minimum Gasteiger partial charge on any atom is -0.481 e. The van der Waals surface area contributed by atoms with E-state index in [1.807, 2.05) is 13.8 Å². The van der Waals surface area contributed by atoms with Crippen molar-refractivity contribution in [3.8, 4) is 5.88 Å². The molecule has 134 valence electrons. The van der Waals surface area contributed by atoms with Crippen molar-refractivity contribution in [2.75, 3.05) is 33.4 Å². The van der Waals surface area contributed by atoms with Crippen molar-refractivity contribution >= 4 is 5.91 Å². The van der Waals surface area contributed by atoms with Gasteiger partial charge in [0.1, 0.15) is 6.10 Å². The summed E-state index contributed by atoms with van der Waals surface area (Å²) < 4.78 is 10.4. The molecule has 0 unspecified atom stereocenters. The first kappa shape index (κ1) is 18.6. The van der Waals surface area contributed by atoms with E-state index >= 15 is 0 Å². The molecule has 1 fully saturated rings. The summed E-state index contributed by atoms with van der Waals surface area (Å²) in [7, 11) is 1.50. The number of rotatable bonds is 6. The Morgan fingerprint density at radius 3 is 2.88 bits per heavy atom. The molecule has 1 aromatic heterocycles. The maximum absolute atomic E-state index is 12.9. The normalized spacial score (nSPS) is 24.0. The lowest BCUT2D eigenvalue weighted by Gasteiger charge is -2.36. The topological polar surface area (TPSA) is 92.1 Å². The number of ether oxygens (including phenoxy) is 2. The fraction of sp³-hybridized carbons (Fsp3) is 0.647. The van der Waals surface area contributed by atoms with E-state index in [9.17, 15) is 15.0 Å². The van der Waals surface area contributed by atoms with E-state index in [1.165, 1.54) is 13.3 Å². The van der Waals surface area contributed by atoms with Gasteiger partial charge in [-0.25, -0.2) is 4.98 Å². The van der Waals surface area contributed by atoms with Crippen molar-refractivity contribution < 1.29 is 24.5 Å². The summed E-state index contributed by atoms with van der Waals surface area (Å²) >= 11 is 0. The van der Waals surface area contributed by atoms with Gasteiger partial charge in [0.15, 0.2) is 0 Å². The second-order valence-electron chi connectivity index (χ2n) is 6.55. The number of carbonyl (C=O) groups is 1. The molecule has 0 saturated carbocycles. The van der Waals surface area contributed by atoms with Crippen molar-refractivity contribution in [3.05, 3.63) is 23.9 Å². The van der Waals surface area contributed by atoms with Crippen LogP contribution in [0.2, 0.25) is 0 Å². The Bertz CT molecular complexity index is 552. The standard InChI is InChI=1S/C17H26N2O5/c1-11(2)7-19(8-13-9-24-10-14(20)16(13)21)17(22)12-4-5-18-15(6-12)23-3/h4-6,11,13-14,16,20-21H,7-10H2,1-3H3/t13-,14-,16+/m1/s1. The SMILES string of the molecule is COc1cc(C(=O)N(CC(C)C)C[C@@H]2COC[C@@H](O)[C@H]2O)ccn1. The molecule has 2 rings (SSSR count). The van der Waals surface area contributed by atoms with E-state index in [2.05, 4.69) is 4.98 Å². The zero-order valence-electron chi connectivity index (χ0n) is 14.4. The summed E-state index contributed by atoms with van der Waals surface area (Å²) in [5.41, 5.74) is 0.481. The summed E-state index contributed by atoms with van der Waals surface area (Å²) in [5.74, 6) is 0.169. The van der Waals surface area contributed by atoms with Gasteiger partial charge in [0.25, 0.3) is 5.91 Å². The molecule has 7 nitrogen and oxygen atoms in total. The van der Waals surface area contributed by atoms with E-state index in [1.54, 1.807) is 17.0 Å². The van der Waals surface area contributed by atoms with Crippen LogP contribution < -0.4 is 4.74 Å². The predicted molar refractivity (Wildman–Crippen MR) is 87.9 cm³/mol. The molecule has 1 aliphatic heterocycles. The van der Waals surface area contributed by atoms with E-state index < -0.39 is 12.2 Å². The highest BCUT2D eigenvalue weighted by Crippen LogP contribution is 2.19. The van der Waals surface area contributed by atoms with Crippen molar-refractivity contribution in [2.45, 2.75) is 26.1 Å². The number of amides is 1. The maximum Gasteiger partial charge on any atom is 0.254 e. The fourth-order valence-corrected chi connectivity index (χ4v) is 2.81. The predicted octanol–water partition coefficient (Wildman–Crippen LogP) is 0.557. The number of hydrogen-bond donors (Lipinski definition) is 2. The lowest BCUT2D eigenvalue weighted by atomic mass is 9.95. The largest absolute Gasteiger partial charge is 0.481 e. The molecule has 7 heteroatoms. The number of aliphatic hydroxyl groups is 2. The Labute approximate surface area is 142 Å². The van der Waals surface area contributed by atoms with E-state index in [-0.39, 0.29) is 24.3 Å². The van der Waals surface area contributed by atoms with Crippen molar-refractivity contribution in [1.29, 1.82) is 0 Å². The molecular formula is C17H26N2O5. The Balaban J connectivity index is 2.16. The van der Waals surface area contributed by atoms with Crippen molar-refractivity contribution in [2.24, 2.45) is 11.8 Å². The second-order valence-corrected chi connectivity index (χ2v) is 6.55. The number of pyridine rings is 1. The third-order valence-electron chi connectivity index (χ3n) is 4.02. The van der Waals surface area contributed by atoms with Crippen LogP contribution in [0.5, 0.6) is 5.88 Å². The van der Waals surface area contributed by atoms with E-state index in [4.69, 9.17) is 9.47 Å². The Morgan fingerprint density at radius 2 is 2.21 bits per heavy atom. The molecule has 1 aromatic rings. The minimum absolute atomic E-state index is 0.122. The molecule has 1 saturated heterocycles. The smallest absolute Gasteiger partial charge is 0.254 e. The lowest BCUT2D eigenvalue weighted by molar-refractivity contribution is -0.124. The quantitative estimate of drug-likeness (QED) is 0.787. The van der Waals surface area contributed by atoms with Crippen molar-refractivity contribution in [3.63, 3.8) is 0 Å². The number of aromatic nitrogens is 1. The summed E-state index contributed by atoms with van der Waals surface area (Å²) in [6.07, 6.45) is -0.281. The van der Waals surface area contributed by atoms with Gasteiger partial charge in [0.2, 0.25) is 5.88 Å². The van der Waals surface area contributed by atoms with Crippen LogP contribution in [0, 0.1) is 11.8 Å². The number of carbonyl (C=O) groups excluding carboxylic acids is 1. The van der Waals surface area contributed by atoms with Crippen LogP contribution in [0.3, 0.4) is 0 Å². The number of hydrogen-bond acceptors (Lipinski definition) is 6. The average Bonchev–Trinajstić information content (AvgIpc) is 2.57. The van der Waals surface area contributed by atoms with Gasteiger partial charge in [0.05, 0.1) is 26.4 Å². The van der Waals surface area contributed by atoms with Gasteiger partial charge < -0.3 is 24.6 Å². The van der Waals surface area contributed by atoms with Crippen LogP contribution in [-0.2, 0) is 4.74 Å². The zero-order valence-corrected chi connectivity index (χ0v) is 14.4. The van der Waals surface area contributed by atoms with E-state index in [0.29, 0.717) is 31.1 Å². The van der Waals surface area contributed by atoms with Crippen molar-refractivity contribution in [1.82, 2.24) is 9.88 Å². The monoisotopic (exact) mass is 338 g/mol. The van der Waals surface area contributed by atoms with Crippen LogP contribution in [0.25, 0.3) is 0 Å². The van der Waals surface area contributed by atoms with Gasteiger partial charge in [-0.2, -0.15) is 0 Å². The molecule has 0 aromatic carbocycles. The molecule has 0 spiro atoms. The fourth-order valence-electron chi connectivity index (χ4n) is 2.81. The van der Waals surface area contributed by atoms with Gasteiger partial charge in [-0.3, -0.25) is 4.79 Å². The molecular weight excluding hydrogens is 312 g/mol. The number of methoxy groups -OCH3 is 1. The molecule has 0 bridgehead atoms. The number of nitrogens with zero attached hydrogens (tertiary/aromatic N) is 2. The highest BCUT2D eigenvalue weighted by molar-refractivity contribution is 5.94. The van der Waals surface area contributed by atoms with Gasteiger partial charge in [-0.15, -0.1) is 0 Å². The molecule has 24 heavy (non-hydrogen) atoms. The Kier molecular flexibility index (Phi) is 6.53. The maximum atomic E-state index is 12.9. The molecule has 2 heterocycles. The second kappa shape index (κ2) is 8.41. The van der Waals surface area contributed by atoms with Crippen LogP contribution in [0.15, 0.2) is 18.3 Å². The van der Waals surface area contributed by atoms with Crippen LogP contribution >= 0.6 is 0 Å². The van der Waals surface area contributed by atoms with Gasteiger partial charge in [-0.1, -0.05) is 13.8 Å². The molecule has 0 aliphatic carbocycles. The molecule has 2 N–H and O–H groups in total. The van der Waals surface area contributed by atoms with Gasteiger partial charge in [0, 0.05) is 36.8 Å². The lowest BCUT2D eigenvalue weighted by Crippen LogP contribution is -2.50.